The second-order valence-electron chi connectivity index (χ2n) is 4.99. The molecule has 0 aliphatic heterocycles. The maximum atomic E-state index is 13.0. The second kappa shape index (κ2) is 8.95. The number of nitrogens with one attached hydrogen (secondary N) is 1. The monoisotopic (exact) mass is 321 g/mol. The number of halogens is 1. The average Bonchev–Trinajstić information content (AvgIpc) is 3.03. The minimum absolute atomic E-state index is 0.250. The van der Waals surface area contributed by atoms with E-state index in [1.165, 1.54) is 18.2 Å². The Bertz CT molecular complexity index is 600. The van der Waals surface area contributed by atoms with E-state index in [1.54, 1.807) is 25.3 Å². The highest BCUT2D eigenvalue weighted by Crippen LogP contribution is 2.13. The van der Waals surface area contributed by atoms with Crippen LogP contribution in [0.15, 0.2) is 47.1 Å². The molecule has 0 bridgehead atoms. The Morgan fingerprint density at radius 2 is 2.22 bits per heavy atom. The molecular formula is C17H20FNO4. The van der Waals surface area contributed by atoms with Crippen LogP contribution >= 0.6 is 0 Å². The normalized spacial score (nSPS) is 11.9. The van der Waals surface area contributed by atoms with E-state index in [4.69, 9.17) is 13.9 Å². The molecule has 0 aliphatic rings. The zero-order valence-electron chi connectivity index (χ0n) is 13.0. The van der Waals surface area contributed by atoms with Crippen molar-refractivity contribution in [3.05, 3.63) is 54.2 Å². The van der Waals surface area contributed by atoms with Gasteiger partial charge in [0.25, 0.3) is 5.91 Å². The molecule has 0 saturated carbocycles. The highest BCUT2D eigenvalue weighted by Gasteiger charge is 2.14. The third kappa shape index (κ3) is 6.12. The number of ether oxygens (including phenoxy) is 2. The predicted molar refractivity (Wildman–Crippen MR) is 82.5 cm³/mol. The van der Waals surface area contributed by atoms with Crippen molar-refractivity contribution in [3.8, 4) is 5.75 Å². The lowest BCUT2D eigenvalue weighted by atomic mass is 10.3. The quantitative estimate of drug-likeness (QED) is 0.722. The molecule has 0 radical (unpaired) electrons. The van der Waals surface area contributed by atoms with Gasteiger partial charge in [-0.2, -0.15) is 0 Å². The van der Waals surface area contributed by atoms with Crippen LogP contribution in [0.4, 0.5) is 4.39 Å². The van der Waals surface area contributed by atoms with E-state index in [9.17, 15) is 9.18 Å². The van der Waals surface area contributed by atoms with Crippen LogP contribution < -0.4 is 10.1 Å². The first-order valence-corrected chi connectivity index (χ1v) is 7.45. The van der Waals surface area contributed by atoms with Crippen molar-refractivity contribution < 1.29 is 23.1 Å². The summed E-state index contributed by atoms with van der Waals surface area (Å²) < 4.78 is 29.0. The molecule has 1 amide bonds. The molecular weight excluding hydrogens is 301 g/mol. The van der Waals surface area contributed by atoms with Crippen LogP contribution in [0.1, 0.15) is 19.1 Å². The third-order valence-corrected chi connectivity index (χ3v) is 3.07. The molecule has 124 valence electrons. The van der Waals surface area contributed by atoms with E-state index in [-0.39, 0.29) is 5.91 Å². The number of carbonyl (C=O) groups is 1. The van der Waals surface area contributed by atoms with Gasteiger partial charge in [0.05, 0.1) is 6.26 Å². The van der Waals surface area contributed by atoms with Crippen molar-refractivity contribution in [2.75, 3.05) is 13.2 Å². The summed E-state index contributed by atoms with van der Waals surface area (Å²) >= 11 is 0. The van der Waals surface area contributed by atoms with E-state index in [2.05, 4.69) is 5.32 Å². The van der Waals surface area contributed by atoms with Gasteiger partial charge in [-0.3, -0.25) is 4.79 Å². The topological polar surface area (TPSA) is 60.7 Å². The van der Waals surface area contributed by atoms with E-state index in [0.29, 0.717) is 31.9 Å². The lowest BCUT2D eigenvalue weighted by Crippen LogP contribution is -2.37. The van der Waals surface area contributed by atoms with Gasteiger partial charge in [0.2, 0.25) is 0 Å². The number of rotatable bonds is 9. The summed E-state index contributed by atoms with van der Waals surface area (Å²) in [4.78, 5) is 11.9. The molecule has 1 heterocycles. The Hall–Kier alpha value is -2.34. The van der Waals surface area contributed by atoms with Gasteiger partial charge < -0.3 is 19.2 Å². The van der Waals surface area contributed by atoms with Crippen LogP contribution in [0.5, 0.6) is 5.75 Å². The molecule has 1 aromatic heterocycles. The fourth-order valence-corrected chi connectivity index (χ4v) is 1.89. The maximum Gasteiger partial charge on any atom is 0.260 e. The van der Waals surface area contributed by atoms with Gasteiger partial charge in [-0.25, -0.2) is 4.39 Å². The van der Waals surface area contributed by atoms with Crippen molar-refractivity contribution >= 4 is 5.91 Å². The van der Waals surface area contributed by atoms with E-state index in [1.807, 2.05) is 6.07 Å². The summed E-state index contributed by atoms with van der Waals surface area (Å²) in [5.74, 6) is 0.449. The summed E-state index contributed by atoms with van der Waals surface area (Å²) in [6.45, 7) is 3.03. The zero-order valence-corrected chi connectivity index (χ0v) is 13.0. The minimum Gasteiger partial charge on any atom is -0.481 e. The standard InChI is InChI=1S/C17H20FNO4/c1-13(23-15-6-2-5-14(18)11-15)17(20)19-8-4-9-21-12-16-7-3-10-22-16/h2-3,5-7,10-11,13H,4,8-9,12H2,1H3,(H,19,20). The summed E-state index contributed by atoms with van der Waals surface area (Å²) in [5, 5.41) is 2.75. The van der Waals surface area contributed by atoms with Crippen LogP contribution in [-0.2, 0) is 16.1 Å². The van der Waals surface area contributed by atoms with Crippen molar-refractivity contribution in [2.24, 2.45) is 0 Å². The minimum atomic E-state index is -0.694. The first-order valence-electron chi connectivity index (χ1n) is 7.45. The van der Waals surface area contributed by atoms with E-state index < -0.39 is 11.9 Å². The van der Waals surface area contributed by atoms with Crippen LogP contribution in [0.25, 0.3) is 0 Å². The Morgan fingerprint density at radius 3 is 2.96 bits per heavy atom. The Morgan fingerprint density at radius 1 is 1.35 bits per heavy atom. The molecule has 6 heteroatoms. The number of carbonyl (C=O) groups excluding carboxylic acids is 1. The third-order valence-electron chi connectivity index (χ3n) is 3.07. The second-order valence-corrected chi connectivity index (χ2v) is 4.99. The summed E-state index contributed by atoms with van der Waals surface area (Å²) in [5.41, 5.74) is 0. The number of hydrogen-bond acceptors (Lipinski definition) is 4. The number of furan rings is 1. The summed E-state index contributed by atoms with van der Waals surface area (Å²) in [6, 6.07) is 9.35. The van der Waals surface area contributed by atoms with Crippen molar-refractivity contribution in [3.63, 3.8) is 0 Å². The summed E-state index contributed by atoms with van der Waals surface area (Å²) in [7, 11) is 0. The first-order chi connectivity index (χ1) is 11.1. The predicted octanol–water partition coefficient (Wildman–Crippen LogP) is 2.91. The molecule has 23 heavy (non-hydrogen) atoms. The van der Waals surface area contributed by atoms with Crippen molar-refractivity contribution in [2.45, 2.75) is 26.1 Å². The Labute approximate surface area is 134 Å². The van der Waals surface area contributed by atoms with Gasteiger partial charge in [0.1, 0.15) is 23.9 Å². The van der Waals surface area contributed by atoms with Crippen molar-refractivity contribution in [1.82, 2.24) is 5.32 Å². The van der Waals surface area contributed by atoms with Gasteiger partial charge in [-0.15, -0.1) is 0 Å². The summed E-state index contributed by atoms with van der Waals surface area (Å²) in [6.07, 6.45) is 1.58. The van der Waals surface area contributed by atoms with Crippen LogP contribution in [-0.4, -0.2) is 25.2 Å². The van der Waals surface area contributed by atoms with E-state index >= 15 is 0 Å². The highest BCUT2D eigenvalue weighted by atomic mass is 19.1. The highest BCUT2D eigenvalue weighted by molar-refractivity contribution is 5.80. The lowest BCUT2D eigenvalue weighted by Gasteiger charge is -2.14. The maximum absolute atomic E-state index is 13.0. The number of amides is 1. The SMILES string of the molecule is CC(Oc1cccc(F)c1)C(=O)NCCCOCc1ccco1. The fourth-order valence-electron chi connectivity index (χ4n) is 1.89. The molecule has 1 atom stereocenters. The largest absolute Gasteiger partial charge is 0.481 e. The lowest BCUT2D eigenvalue weighted by molar-refractivity contribution is -0.127. The molecule has 1 aromatic carbocycles. The molecule has 0 spiro atoms. The van der Waals surface area contributed by atoms with Gasteiger partial charge >= 0.3 is 0 Å². The van der Waals surface area contributed by atoms with E-state index in [0.717, 1.165) is 5.76 Å². The van der Waals surface area contributed by atoms with Crippen molar-refractivity contribution in [1.29, 1.82) is 0 Å². The Kier molecular flexibility index (Phi) is 6.62. The van der Waals surface area contributed by atoms with Gasteiger partial charge in [-0.1, -0.05) is 6.07 Å². The van der Waals surface area contributed by atoms with Gasteiger partial charge in [0.15, 0.2) is 6.10 Å². The van der Waals surface area contributed by atoms with Crippen LogP contribution in [0.2, 0.25) is 0 Å². The smallest absolute Gasteiger partial charge is 0.260 e. The van der Waals surface area contributed by atoms with Crippen LogP contribution in [0.3, 0.4) is 0 Å². The molecule has 0 fully saturated rings. The van der Waals surface area contributed by atoms with Gasteiger partial charge in [0, 0.05) is 19.2 Å². The molecule has 5 nitrogen and oxygen atoms in total. The molecule has 2 rings (SSSR count). The molecule has 1 unspecified atom stereocenters. The first kappa shape index (κ1) is 17.0. The molecule has 0 aliphatic carbocycles. The molecule has 2 aromatic rings. The number of benzene rings is 1. The fraction of sp³-hybridized carbons (Fsp3) is 0.353. The van der Waals surface area contributed by atoms with Crippen LogP contribution in [0, 0.1) is 5.82 Å². The zero-order chi connectivity index (χ0) is 16.5. The molecule has 0 saturated heterocycles. The van der Waals surface area contributed by atoms with Gasteiger partial charge in [-0.05, 0) is 37.6 Å². The Balaban J connectivity index is 1.58. The average molecular weight is 321 g/mol. The number of hydrogen-bond donors (Lipinski definition) is 1. The molecule has 1 N–H and O–H groups in total.